The van der Waals surface area contributed by atoms with Crippen LogP contribution in [0.25, 0.3) is 0 Å². The van der Waals surface area contributed by atoms with E-state index in [-0.39, 0.29) is 17.1 Å². The van der Waals surface area contributed by atoms with Crippen molar-refractivity contribution in [2.45, 2.75) is 38.4 Å². The Morgan fingerprint density at radius 3 is 2.09 bits per heavy atom. The van der Waals surface area contributed by atoms with Crippen molar-refractivity contribution in [2.24, 2.45) is 16.2 Å². The van der Waals surface area contributed by atoms with Crippen molar-refractivity contribution in [3.63, 3.8) is 0 Å². The third kappa shape index (κ3) is 2.40. The number of halogens is 1. The first-order valence-electron chi connectivity index (χ1n) is 8.16. The van der Waals surface area contributed by atoms with Gasteiger partial charge in [0.05, 0.1) is 23.5 Å². The molecule has 2 aliphatic carbocycles. The second kappa shape index (κ2) is 6.45. The van der Waals surface area contributed by atoms with E-state index < -0.39 is 15.7 Å². The summed E-state index contributed by atoms with van der Waals surface area (Å²) >= 11 is 3.57. The summed E-state index contributed by atoms with van der Waals surface area (Å²) in [7, 11) is 3.25. The third-order valence-corrected chi connectivity index (χ3v) is 7.72. The van der Waals surface area contributed by atoms with Crippen molar-refractivity contribution in [1.82, 2.24) is 4.90 Å². The van der Waals surface area contributed by atoms with Gasteiger partial charge in [-0.1, -0.05) is 36.7 Å². The highest BCUT2D eigenvalue weighted by atomic mass is 79.9. The number of hydrogen-bond donors (Lipinski definition) is 0. The van der Waals surface area contributed by atoms with Crippen LogP contribution >= 0.6 is 15.9 Å². The Balaban J connectivity index is 2.36. The Morgan fingerprint density at radius 1 is 1.17 bits per heavy atom. The van der Waals surface area contributed by atoms with Crippen LogP contribution in [-0.2, 0) is 19.1 Å². The quantitative estimate of drug-likeness (QED) is 0.626. The number of hydrogen-bond acceptors (Lipinski definition) is 4. The number of ether oxygens (including phenoxy) is 2. The normalized spacial score (nSPS) is 34.9. The monoisotopic (exact) mass is 389 g/mol. The predicted octanol–water partition coefficient (Wildman–Crippen LogP) is 2.27. The number of ketones is 1. The highest BCUT2D eigenvalue weighted by molar-refractivity contribution is 9.10. The number of fused-ring (bicyclic) bond motifs is 2. The number of methoxy groups -OCH3 is 2. The van der Waals surface area contributed by atoms with E-state index in [0.29, 0.717) is 26.3 Å². The highest BCUT2D eigenvalue weighted by Crippen LogP contribution is 2.72. The lowest BCUT2D eigenvalue weighted by Gasteiger charge is -2.42. The molecular weight excluding hydrogens is 362 g/mol. The summed E-state index contributed by atoms with van der Waals surface area (Å²) in [5, 5.41) is 0. The van der Waals surface area contributed by atoms with Gasteiger partial charge in [0.15, 0.2) is 5.78 Å². The van der Waals surface area contributed by atoms with E-state index in [4.69, 9.17) is 9.47 Å². The fraction of sp³-hybridized carbons (Fsp3) is 0.882. The van der Waals surface area contributed by atoms with Gasteiger partial charge in [-0.15, -0.1) is 0 Å². The molecule has 0 aromatic carbocycles. The second-order valence-electron chi connectivity index (χ2n) is 7.43. The smallest absolute Gasteiger partial charge is 0.231 e. The molecule has 0 heterocycles. The molecule has 23 heavy (non-hydrogen) atoms. The summed E-state index contributed by atoms with van der Waals surface area (Å²) in [4.78, 5) is 27.7. The first-order chi connectivity index (χ1) is 10.7. The zero-order chi connectivity index (χ0) is 17.5. The van der Waals surface area contributed by atoms with Gasteiger partial charge in [0, 0.05) is 32.7 Å². The minimum Gasteiger partial charge on any atom is -0.383 e. The Morgan fingerprint density at radius 2 is 1.70 bits per heavy atom. The van der Waals surface area contributed by atoms with Crippen LogP contribution in [-0.4, -0.2) is 61.9 Å². The molecule has 132 valence electrons. The molecule has 2 saturated carbocycles. The maximum Gasteiger partial charge on any atom is 0.231 e. The number of amides is 1. The van der Waals surface area contributed by atoms with Gasteiger partial charge >= 0.3 is 0 Å². The molecule has 6 heteroatoms. The van der Waals surface area contributed by atoms with Crippen LogP contribution in [0.15, 0.2) is 0 Å². The number of Topliss-reactive ketones (excluding diaryl/α,β-unsaturated/α-hetero) is 1. The molecule has 0 spiro atoms. The summed E-state index contributed by atoms with van der Waals surface area (Å²) in [6.07, 6.45) is 1.52. The minimum atomic E-state index is -0.680. The van der Waals surface area contributed by atoms with Gasteiger partial charge in [0.25, 0.3) is 0 Å². The SMILES string of the molecule is COCCN(CCOC)C(=O)C12CCC(C)(C(=O)C1Br)C2(C)C. The Hall–Kier alpha value is -0.460. The number of rotatable bonds is 7. The van der Waals surface area contributed by atoms with E-state index in [1.165, 1.54) is 0 Å². The summed E-state index contributed by atoms with van der Waals surface area (Å²) in [6.45, 7) is 8.14. The average molecular weight is 390 g/mol. The van der Waals surface area contributed by atoms with Gasteiger partial charge in [-0.2, -0.15) is 0 Å². The van der Waals surface area contributed by atoms with E-state index in [2.05, 4.69) is 29.8 Å². The number of carbonyl (C=O) groups excluding carboxylic acids is 2. The van der Waals surface area contributed by atoms with E-state index >= 15 is 0 Å². The average Bonchev–Trinajstić information content (AvgIpc) is 2.79. The van der Waals surface area contributed by atoms with Crippen LogP contribution < -0.4 is 0 Å². The van der Waals surface area contributed by atoms with Crippen molar-refractivity contribution in [3.05, 3.63) is 0 Å². The molecule has 2 aliphatic rings. The predicted molar refractivity (Wildman–Crippen MR) is 91.6 cm³/mol. The van der Waals surface area contributed by atoms with Crippen LogP contribution in [0.4, 0.5) is 0 Å². The van der Waals surface area contributed by atoms with Crippen molar-refractivity contribution in [1.29, 1.82) is 0 Å². The van der Waals surface area contributed by atoms with E-state index in [1.54, 1.807) is 19.1 Å². The van der Waals surface area contributed by atoms with E-state index in [9.17, 15) is 9.59 Å². The van der Waals surface area contributed by atoms with Gasteiger partial charge < -0.3 is 14.4 Å². The lowest BCUT2D eigenvalue weighted by atomic mass is 9.64. The Bertz CT molecular complexity index is 487. The van der Waals surface area contributed by atoms with Crippen molar-refractivity contribution < 1.29 is 19.1 Å². The fourth-order valence-corrected chi connectivity index (χ4v) is 5.93. The molecule has 3 atom stereocenters. The molecule has 0 aliphatic heterocycles. The number of alkyl halides is 1. The van der Waals surface area contributed by atoms with Crippen molar-refractivity contribution in [3.8, 4) is 0 Å². The fourth-order valence-electron chi connectivity index (χ4n) is 4.43. The summed E-state index contributed by atoms with van der Waals surface area (Å²) in [5.74, 6) is 0.216. The van der Waals surface area contributed by atoms with Gasteiger partial charge in [0.1, 0.15) is 0 Å². The molecule has 5 nitrogen and oxygen atoms in total. The molecule has 1 amide bonds. The molecule has 0 radical (unpaired) electrons. The highest BCUT2D eigenvalue weighted by Gasteiger charge is 2.77. The standard InChI is InChI=1S/C17H28BrNO4/c1-15(2)16(3)6-7-17(15,12(18)13(16)20)14(21)19(8-10-22-4)9-11-23-5/h12H,6-11H2,1-5H3. The molecule has 2 bridgehead atoms. The lowest BCUT2D eigenvalue weighted by Crippen LogP contribution is -2.53. The van der Waals surface area contributed by atoms with Crippen molar-refractivity contribution >= 4 is 27.6 Å². The van der Waals surface area contributed by atoms with Gasteiger partial charge in [0.2, 0.25) is 5.91 Å². The first kappa shape index (κ1) is 18.9. The lowest BCUT2D eigenvalue weighted by molar-refractivity contribution is -0.148. The molecule has 0 saturated heterocycles. The van der Waals surface area contributed by atoms with Crippen LogP contribution in [0.1, 0.15) is 33.6 Å². The molecule has 3 unspecified atom stereocenters. The summed E-state index contributed by atoms with van der Waals surface area (Å²) in [5.41, 5.74) is -1.49. The molecule has 0 N–H and O–H groups in total. The van der Waals surface area contributed by atoms with Crippen LogP contribution in [0.2, 0.25) is 0 Å². The van der Waals surface area contributed by atoms with Crippen LogP contribution in [0.5, 0.6) is 0 Å². The molecule has 2 fully saturated rings. The maximum atomic E-state index is 13.5. The topological polar surface area (TPSA) is 55.8 Å². The van der Waals surface area contributed by atoms with Gasteiger partial charge in [-0.3, -0.25) is 9.59 Å². The minimum absolute atomic E-state index is 0.0491. The zero-order valence-electron chi connectivity index (χ0n) is 14.8. The van der Waals surface area contributed by atoms with Gasteiger partial charge in [-0.25, -0.2) is 0 Å². The van der Waals surface area contributed by atoms with Gasteiger partial charge in [-0.05, 0) is 18.3 Å². The Kier molecular flexibility index (Phi) is 5.29. The number of carbonyl (C=O) groups is 2. The van der Waals surface area contributed by atoms with Crippen molar-refractivity contribution in [2.75, 3.05) is 40.5 Å². The second-order valence-corrected chi connectivity index (χ2v) is 8.35. The zero-order valence-corrected chi connectivity index (χ0v) is 16.4. The number of nitrogens with zero attached hydrogens (tertiary/aromatic N) is 1. The van der Waals surface area contributed by atoms with E-state index in [1.807, 2.05) is 6.92 Å². The van der Waals surface area contributed by atoms with Crippen LogP contribution in [0.3, 0.4) is 0 Å². The summed E-state index contributed by atoms with van der Waals surface area (Å²) < 4.78 is 10.3. The largest absolute Gasteiger partial charge is 0.383 e. The molecule has 0 aromatic heterocycles. The molecule has 0 aromatic rings. The molecular formula is C17H28BrNO4. The third-order valence-electron chi connectivity index (χ3n) is 6.52. The summed E-state index contributed by atoms with van der Waals surface area (Å²) in [6, 6.07) is 0. The van der Waals surface area contributed by atoms with E-state index in [0.717, 1.165) is 12.8 Å². The Labute approximate surface area is 147 Å². The molecule has 2 rings (SSSR count). The van der Waals surface area contributed by atoms with Crippen LogP contribution in [0, 0.1) is 16.2 Å². The maximum absolute atomic E-state index is 13.5. The first-order valence-corrected chi connectivity index (χ1v) is 9.08.